The van der Waals surface area contributed by atoms with Crippen molar-refractivity contribution in [1.82, 2.24) is 9.97 Å². The predicted molar refractivity (Wildman–Crippen MR) is 106 cm³/mol. The highest BCUT2D eigenvalue weighted by Gasteiger charge is 2.26. The average molecular weight is 395 g/mol. The smallest absolute Gasteiger partial charge is 0.530 e. The maximum Gasteiger partial charge on any atom is 0.552 e. The highest BCUT2D eigenvalue weighted by atomic mass is 19.1. The van der Waals surface area contributed by atoms with Crippen LogP contribution >= 0.6 is 0 Å². The molecule has 3 N–H and O–H groups in total. The van der Waals surface area contributed by atoms with Gasteiger partial charge in [0.25, 0.3) is 0 Å². The molecule has 1 unspecified atom stereocenters. The Kier molecular flexibility index (Phi) is 5.33. The van der Waals surface area contributed by atoms with E-state index in [1.165, 1.54) is 12.0 Å². The van der Waals surface area contributed by atoms with Gasteiger partial charge in [0.1, 0.15) is 11.6 Å². The van der Waals surface area contributed by atoms with Crippen molar-refractivity contribution in [3.8, 4) is 11.8 Å². The van der Waals surface area contributed by atoms with Gasteiger partial charge in [0, 0.05) is 35.7 Å². The van der Waals surface area contributed by atoms with Crippen LogP contribution in [0.1, 0.15) is 17.5 Å². The lowest BCUT2D eigenvalue weighted by Crippen LogP contribution is -2.38. The molecule has 2 aromatic rings. The number of fused-ring (bicyclic) bond motifs is 1. The molecule has 3 heterocycles. The third-order valence-corrected chi connectivity index (χ3v) is 4.82. The molecular formula is C19H19BFN5O3. The van der Waals surface area contributed by atoms with Gasteiger partial charge < -0.3 is 25.0 Å². The molecule has 2 aliphatic heterocycles. The van der Waals surface area contributed by atoms with E-state index >= 15 is 0 Å². The van der Waals surface area contributed by atoms with E-state index in [0.29, 0.717) is 36.7 Å². The lowest BCUT2D eigenvalue weighted by molar-refractivity contribution is 0.0698. The Balaban J connectivity index is 1.55. The maximum atomic E-state index is 14.3. The zero-order valence-electron chi connectivity index (χ0n) is 15.7. The second kappa shape index (κ2) is 8.07. The lowest BCUT2D eigenvalue weighted by atomic mass is 9.86. The van der Waals surface area contributed by atoms with Crippen molar-refractivity contribution in [3.63, 3.8) is 0 Å². The van der Waals surface area contributed by atoms with Crippen LogP contribution in [-0.2, 0) is 4.74 Å². The van der Waals surface area contributed by atoms with Gasteiger partial charge in [-0.05, 0) is 25.4 Å². The normalized spacial score (nSPS) is 20.4. The van der Waals surface area contributed by atoms with Crippen LogP contribution in [0.5, 0.6) is 5.75 Å². The van der Waals surface area contributed by atoms with Crippen LogP contribution in [0.4, 0.5) is 21.8 Å². The van der Waals surface area contributed by atoms with Crippen LogP contribution < -0.4 is 15.3 Å². The van der Waals surface area contributed by atoms with E-state index in [-0.39, 0.29) is 23.7 Å². The van der Waals surface area contributed by atoms with Crippen molar-refractivity contribution in [3.05, 3.63) is 41.2 Å². The minimum absolute atomic E-state index is 0.00225. The molecule has 0 saturated carbocycles. The molecule has 4 rings (SSSR count). The number of nitrogens with one attached hydrogen (secondary N) is 2. The molecule has 1 saturated heterocycles. The summed E-state index contributed by atoms with van der Waals surface area (Å²) in [7, 11) is -1.16. The highest BCUT2D eigenvalue weighted by Crippen LogP contribution is 2.32. The van der Waals surface area contributed by atoms with Crippen molar-refractivity contribution in [2.75, 3.05) is 23.8 Å². The van der Waals surface area contributed by atoms with E-state index in [9.17, 15) is 14.7 Å². The van der Waals surface area contributed by atoms with E-state index in [1.807, 2.05) is 6.92 Å². The molecule has 29 heavy (non-hydrogen) atoms. The first kappa shape index (κ1) is 19.2. The fourth-order valence-corrected chi connectivity index (χ4v) is 3.27. The van der Waals surface area contributed by atoms with Gasteiger partial charge in [0.2, 0.25) is 5.95 Å². The largest absolute Gasteiger partial charge is 0.552 e. The van der Waals surface area contributed by atoms with Crippen molar-refractivity contribution in [1.29, 1.82) is 5.26 Å². The summed E-state index contributed by atoms with van der Waals surface area (Å²) in [5.41, 5.74) is 1.76. The van der Waals surface area contributed by atoms with E-state index in [4.69, 9.17) is 9.39 Å². The topological polar surface area (TPSA) is 112 Å². The third kappa shape index (κ3) is 4.16. The van der Waals surface area contributed by atoms with Crippen LogP contribution in [0.2, 0.25) is 0 Å². The standard InChI is InChI=1S/C19H19BFN5O3/c1-11-9-23-19(26-18(11)25-16-10-28-5-3-13(16)8-22)24-14-6-12-2-4-20(27)29-17(12)15(21)7-14/h2,4,6-7,9,13,16,27H,3,5,10H2,1H3,(H2,23,24,25,26)/t13?,16-/m0/s1. The third-order valence-electron chi connectivity index (χ3n) is 4.82. The van der Waals surface area contributed by atoms with Gasteiger partial charge in [-0.15, -0.1) is 0 Å². The van der Waals surface area contributed by atoms with Gasteiger partial charge in [-0.2, -0.15) is 10.2 Å². The minimum Gasteiger partial charge on any atom is -0.530 e. The first-order valence-electron chi connectivity index (χ1n) is 9.24. The highest BCUT2D eigenvalue weighted by molar-refractivity contribution is 6.51. The van der Waals surface area contributed by atoms with Crippen molar-refractivity contribution >= 4 is 30.6 Å². The molecule has 0 bridgehead atoms. The second-order valence-corrected chi connectivity index (χ2v) is 6.94. The summed E-state index contributed by atoms with van der Waals surface area (Å²) < 4.78 is 24.9. The summed E-state index contributed by atoms with van der Waals surface area (Å²) in [6.07, 6.45) is 3.91. The number of halogens is 1. The molecule has 148 valence electrons. The Morgan fingerprint density at radius 1 is 1.41 bits per heavy atom. The van der Waals surface area contributed by atoms with Crippen LogP contribution in [0.15, 0.2) is 24.3 Å². The Bertz CT molecular complexity index is 997. The van der Waals surface area contributed by atoms with E-state index in [2.05, 4.69) is 26.7 Å². The maximum absolute atomic E-state index is 14.3. The van der Waals surface area contributed by atoms with E-state index in [0.717, 1.165) is 5.56 Å². The van der Waals surface area contributed by atoms with Crippen molar-refractivity contribution in [2.45, 2.75) is 19.4 Å². The first-order valence-corrected chi connectivity index (χ1v) is 9.24. The fourth-order valence-electron chi connectivity index (χ4n) is 3.27. The summed E-state index contributed by atoms with van der Waals surface area (Å²) >= 11 is 0. The number of aryl methyl sites for hydroxylation is 1. The van der Waals surface area contributed by atoms with E-state index < -0.39 is 12.9 Å². The molecule has 10 heteroatoms. The fraction of sp³-hybridized carbons (Fsp3) is 0.316. The number of aromatic nitrogens is 2. The number of nitriles is 1. The monoisotopic (exact) mass is 395 g/mol. The number of rotatable bonds is 4. The molecule has 2 atom stereocenters. The SMILES string of the molecule is Cc1cnc(Nc2cc(F)c3c(c2)C=CB(O)O3)nc1N[C@H]1COCCC1C#N. The van der Waals surface area contributed by atoms with Gasteiger partial charge >= 0.3 is 7.12 Å². The Morgan fingerprint density at radius 2 is 2.28 bits per heavy atom. The molecule has 0 radical (unpaired) electrons. The quantitative estimate of drug-likeness (QED) is 0.677. The van der Waals surface area contributed by atoms with E-state index in [1.54, 1.807) is 18.3 Å². The molecule has 0 aliphatic carbocycles. The number of hydrogen-bond donors (Lipinski definition) is 3. The second-order valence-electron chi connectivity index (χ2n) is 6.94. The predicted octanol–water partition coefficient (Wildman–Crippen LogP) is 2.43. The van der Waals surface area contributed by atoms with Crippen LogP contribution in [0.25, 0.3) is 6.08 Å². The molecule has 0 amide bonds. The Morgan fingerprint density at radius 3 is 3.10 bits per heavy atom. The molecule has 1 aromatic heterocycles. The van der Waals surface area contributed by atoms with Crippen LogP contribution in [0, 0.1) is 30.0 Å². The lowest BCUT2D eigenvalue weighted by Gasteiger charge is -2.28. The summed E-state index contributed by atoms with van der Waals surface area (Å²) in [5.74, 6) is 1.53. The van der Waals surface area contributed by atoms with Gasteiger partial charge in [0.05, 0.1) is 24.6 Å². The van der Waals surface area contributed by atoms with Crippen molar-refractivity contribution in [2.24, 2.45) is 5.92 Å². The molecule has 1 fully saturated rings. The number of benzene rings is 1. The molecule has 0 spiro atoms. The molecule has 1 aromatic carbocycles. The molecule has 8 nitrogen and oxygen atoms in total. The summed E-state index contributed by atoms with van der Waals surface area (Å²) in [5, 5.41) is 25.1. The van der Waals surface area contributed by atoms with Crippen LogP contribution in [0.3, 0.4) is 0 Å². The Hall–Kier alpha value is -3.16. The Labute approximate surface area is 167 Å². The van der Waals surface area contributed by atoms with Crippen LogP contribution in [-0.4, -0.2) is 41.4 Å². The summed E-state index contributed by atoms with van der Waals surface area (Å²) in [6, 6.07) is 5.08. The van der Waals surface area contributed by atoms with Gasteiger partial charge in [-0.25, -0.2) is 9.37 Å². The summed E-state index contributed by atoms with van der Waals surface area (Å²) in [4.78, 5) is 8.72. The zero-order valence-corrected chi connectivity index (χ0v) is 15.7. The van der Waals surface area contributed by atoms with Gasteiger partial charge in [0.15, 0.2) is 5.82 Å². The number of anilines is 3. The number of nitrogens with zero attached hydrogens (tertiary/aromatic N) is 3. The van der Waals surface area contributed by atoms with Gasteiger partial charge in [-0.1, -0.05) is 6.08 Å². The molecule has 2 aliphatic rings. The van der Waals surface area contributed by atoms with Crippen molar-refractivity contribution < 1.29 is 18.8 Å². The number of ether oxygens (including phenoxy) is 1. The summed E-state index contributed by atoms with van der Waals surface area (Å²) in [6.45, 7) is 2.87. The minimum atomic E-state index is -1.16. The first-order chi connectivity index (χ1) is 14.0. The zero-order chi connectivity index (χ0) is 20.4. The molecular weight excluding hydrogens is 376 g/mol. The average Bonchev–Trinajstić information content (AvgIpc) is 2.71. The number of hydrogen-bond acceptors (Lipinski definition) is 8. The van der Waals surface area contributed by atoms with Gasteiger partial charge in [-0.3, -0.25) is 0 Å².